The van der Waals surface area contributed by atoms with Crippen LogP contribution in [0.25, 0.3) is 0 Å². The summed E-state index contributed by atoms with van der Waals surface area (Å²) in [7, 11) is 0. The Labute approximate surface area is 145 Å². The van der Waals surface area contributed by atoms with Crippen molar-refractivity contribution in [1.82, 2.24) is 19.9 Å². The predicted octanol–water partition coefficient (Wildman–Crippen LogP) is 1.40. The van der Waals surface area contributed by atoms with Gasteiger partial charge in [-0.05, 0) is 45.2 Å². The molecule has 2 aromatic rings. The van der Waals surface area contributed by atoms with Crippen LogP contribution in [0.15, 0.2) is 21.7 Å². The van der Waals surface area contributed by atoms with Gasteiger partial charge >= 0.3 is 0 Å². The Morgan fingerprint density at radius 1 is 1.12 bits per heavy atom. The predicted molar refractivity (Wildman–Crippen MR) is 94.0 cm³/mol. The van der Waals surface area contributed by atoms with Crippen molar-refractivity contribution in [3.8, 4) is 0 Å². The fourth-order valence-electron chi connectivity index (χ4n) is 3.47. The second-order valence-electron chi connectivity index (χ2n) is 6.66. The number of aromatic amines is 2. The summed E-state index contributed by atoms with van der Waals surface area (Å²) in [5.74, 6) is 0.525. The lowest BCUT2D eigenvalue weighted by Crippen LogP contribution is -2.41. The van der Waals surface area contributed by atoms with E-state index in [1.165, 1.54) is 6.07 Å². The average Bonchev–Trinajstić information content (AvgIpc) is 2.53. The second-order valence-corrected chi connectivity index (χ2v) is 6.66. The molecule has 1 aliphatic rings. The number of hydrogen-bond acceptors (Lipinski definition) is 4. The molecule has 0 atom stereocenters. The summed E-state index contributed by atoms with van der Waals surface area (Å²) < 4.78 is 0. The summed E-state index contributed by atoms with van der Waals surface area (Å²) in [5.41, 5.74) is 1.94. The molecule has 0 spiro atoms. The zero-order chi connectivity index (χ0) is 18.1. The van der Waals surface area contributed by atoms with Gasteiger partial charge in [-0.2, -0.15) is 0 Å². The first-order valence-electron chi connectivity index (χ1n) is 8.43. The first-order valence-corrected chi connectivity index (χ1v) is 8.43. The summed E-state index contributed by atoms with van der Waals surface area (Å²) in [6.07, 6.45) is 1.45. The molecule has 0 radical (unpaired) electrons. The minimum Gasteiger partial charge on any atom is -0.338 e. The first-order chi connectivity index (χ1) is 11.8. The third-order valence-electron chi connectivity index (χ3n) is 4.66. The lowest BCUT2D eigenvalue weighted by molar-refractivity contribution is 0.0709. The number of nitrogens with one attached hydrogen (secondary N) is 2. The van der Waals surface area contributed by atoms with Crippen molar-refractivity contribution in [1.29, 1.82) is 0 Å². The van der Waals surface area contributed by atoms with E-state index in [1.807, 2.05) is 6.07 Å². The number of aromatic nitrogens is 3. The fourth-order valence-corrected chi connectivity index (χ4v) is 3.47. The molecule has 0 saturated carbocycles. The minimum absolute atomic E-state index is 0.150. The maximum absolute atomic E-state index is 12.7. The number of amides is 1. The number of nitrogens with zero attached hydrogens (tertiary/aromatic N) is 2. The number of carbonyl (C=O) groups excluding carboxylic acids is 1. The van der Waals surface area contributed by atoms with Gasteiger partial charge in [-0.3, -0.25) is 14.4 Å². The van der Waals surface area contributed by atoms with Crippen molar-refractivity contribution in [3.05, 3.63) is 61.2 Å². The maximum Gasteiger partial charge on any atom is 0.261 e. The van der Waals surface area contributed by atoms with Crippen LogP contribution in [-0.2, 0) is 0 Å². The molecule has 2 aromatic heterocycles. The van der Waals surface area contributed by atoms with Crippen LogP contribution in [0.1, 0.15) is 51.9 Å². The minimum atomic E-state index is -0.337. The van der Waals surface area contributed by atoms with Gasteiger partial charge in [-0.1, -0.05) is 0 Å². The highest BCUT2D eigenvalue weighted by Crippen LogP contribution is 2.26. The number of H-pyrrole nitrogens is 2. The fraction of sp³-hybridized carbons (Fsp3) is 0.444. The molecule has 0 unspecified atom stereocenters. The van der Waals surface area contributed by atoms with Crippen molar-refractivity contribution in [2.24, 2.45) is 0 Å². The Hall–Kier alpha value is -2.70. The molecule has 0 aromatic carbocycles. The van der Waals surface area contributed by atoms with E-state index in [-0.39, 0.29) is 28.5 Å². The van der Waals surface area contributed by atoms with Crippen LogP contribution in [-0.4, -0.2) is 38.8 Å². The van der Waals surface area contributed by atoms with Crippen LogP contribution < -0.4 is 11.1 Å². The monoisotopic (exact) mass is 342 g/mol. The van der Waals surface area contributed by atoms with E-state index in [9.17, 15) is 14.4 Å². The molecule has 2 N–H and O–H groups in total. The zero-order valence-corrected chi connectivity index (χ0v) is 14.7. The van der Waals surface area contributed by atoms with Gasteiger partial charge in [-0.15, -0.1) is 0 Å². The Morgan fingerprint density at radius 2 is 1.80 bits per heavy atom. The summed E-state index contributed by atoms with van der Waals surface area (Å²) in [4.78, 5) is 48.0. The highest BCUT2D eigenvalue weighted by molar-refractivity contribution is 5.95. The zero-order valence-electron chi connectivity index (χ0n) is 14.7. The van der Waals surface area contributed by atoms with E-state index >= 15 is 0 Å². The normalized spacial score (nSPS) is 15.4. The summed E-state index contributed by atoms with van der Waals surface area (Å²) in [6.45, 7) is 6.43. The number of rotatable bonds is 2. The molecule has 0 bridgehead atoms. The topological polar surface area (TPSA) is 98.9 Å². The molecule has 3 rings (SSSR count). The SMILES string of the molecule is Cc1cc(C)c(C(=O)N2CCC(c3cc(=O)[nH]c(C)n3)CC2)c(=O)[nH]1. The molecule has 1 amide bonds. The molecule has 132 valence electrons. The lowest BCUT2D eigenvalue weighted by Gasteiger charge is -2.32. The van der Waals surface area contributed by atoms with E-state index in [2.05, 4.69) is 15.0 Å². The number of hydrogen-bond donors (Lipinski definition) is 2. The van der Waals surface area contributed by atoms with Gasteiger partial charge in [0.15, 0.2) is 0 Å². The van der Waals surface area contributed by atoms with Crippen LogP contribution >= 0.6 is 0 Å². The lowest BCUT2D eigenvalue weighted by atomic mass is 9.92. The highest BCUT2D eigenvalue weighted by atomic mass is 16.2. The quantitative estimate of drug-likeness (QED) is 0.862. The molecule has 7 heteroatoms. The summed E-state index contributed by atoms with van der Waals surface area (Å²) >= 11 is 0. The van der Waals surface area contributed by atoms with Gasteiger partial charge in [0, 0.05) is 30.8 Å². The third-order valence-corrected chi connectivity index (χ3v) is 4.66. The molecule has 1 aliphatic heterocycles. The van der Waals surface area contributed by atoms with E-state index in [4.69, 9.17) is 0 Å². The molecular weight excluding hydrogens is 320 g/mol. The van der Waals surface area contributed by atoms with E-state index in [0.29, 0.717) is 24.5 Å². The smallest absolute Gasteiger partial charge is 0.261 e. The Kier molecular flexibility index (Phi) is 4.57. The Balaban J connectivity index is 1.75. The van der Waals surface area contributed by atoms with Gasteiger partial charge in [-0.25, -0.2) is 4.98 Å². The first kappa shape index (κ1) is 17.1. The molecular formula is C18H22N4O3. The number of carbonyl (C=O) groups is 1. The van der Waals surface area contributed by atoms with Gasteiger partial charge < -0.3 is 14.9 Å². The second kappa shape index (κ2) is 6.66. The molecule has 1 saturated heterocycles. The van der Waals surface area contributed by atoms with Crippen LogP contribution in [0.2, 0.25) is 0 Å². The van der Waals surface area contributed by atoms with Crippen LogP contribution in [0.5, 0.6) is 0 Å². The van der Waals surface area contributed by atoms with E-state index in [1.54, 1.807) is 25.7 Å². The largest absolute Gasteiger partial charge is 0.338 e. The highest BCUT2D eigenvalue weighted by Gasteiger charge is 2.27. The van der Waals surface area contributed by atoms with Crippen LogP contribution in [0.3, 0.4) is 0 Å². The molecule has 25 heavy (non-hydrogen) atoms. The maximum atomic E-state index is 12.7. The van der Waals surface area contributed by atoms with Crippen molar-refractivity contribution >= 4 is 5.91 Å². The van der Waals surface area contributed by atoms with Crippen LogP contribution in [0.4, 0.5) is 0 Å². The van der Waals surface area contributed by atoms with Crippen molar-refractivity contribution in [2.45, 2.75) is 39.5 Å². The number of likely N-dealkylation sites (tertiary alicyclic amines) is 1. The Morgan fingerprint density at radius 3 is 2.40 bits per heavy atom. The standard InChI is InChI=1S/C18H22N4O3/c1-10-8-11(2)19-17(24)16(10)18(25)22-6-4-13(5-7-22)14-9-15(23)21-12(3)20-14/h8-9,13H,4-7H2,1-3H3,(H,19,24)(H,20,21,23). The Bertz CT molecular complexity index is 921. The van der Waals surface area contributed by atoms with Crippen molar-refractivity contribution in [3.63, 3.8) is 0 Å². The third kappa shape index (κ3) is 3.55. The average molecular weight is 342 g/mol. The molecule has 0 aliphatic carbocycles. The number of piperidine rings is 1. The number of aryl methyl sites for hydroxylation is 3. The van der Waals surface area contributed by atoms with Crippen molar-refractivity contribution in [2.75, 3.05) is 13.1 Å². The summed E-state index contributed by atoms with van der Waals surface area (Å²) in [6, 6.07) is 3.34. The van der Waals surface area contributed by atoms with Gasteiger partial charge in [0.1, 0.15) is 11.4 Å². The summed E-state index contributed by atoms with van der Waals surface area (Å²) in [5, 5.41) is 0. The number of pyridine rings is 1. The van der Waals surface area contributed by atoms with E-state index in [0.717, 1.165) is 24.2 Å². The van der Waals surface area contributed by atoms with Crippen LogP contribution in [0, 0.1) is 20.8 Å². The van der Waals surface area contributed by atoms with E-state index < -0.39 is 0 Å². The van der Waals surface area contributed by atoms with Gasteiger partial charge in [0.25, 0.3) is 17.0 Å². The molecule has 1 fully saturated rings. The van der Waals surface area contributed by atoms with Gasteiger partial charge in [0.2, 0.25) is 0 Å². The van der Waals surface area contributed by atoms with Gasteiger partial charge in [0.05, 0.1) is 5.69 Å². The molecule has 7 nitrogen and oxygen atoms in total. The molecule has 3 heterocycles. The van der Waals surface area contributed by atoms with Crippen molar-refractivity contribution < 1.29 is 4.79 Å².